The van der Waals surface area contributed by atoms with Crippen molar-refractivity contribution in [3.05, 3.63) is 64.3 Å². The number of hydrogen-bond acceptors (Lipinski definition) is 4. The zero-order valence-corrected chi connectivity index (χ0v) is 14.7. The zero-order valence-electron chi connectivity index (χ0n) is 14.7. The van der Waals surface area contributed by atoms with E-state index < -0.39 is 17.8 Å². The Kier molecular flexibility index (Phi) is 4.70. The first kappa shape index (κ1) is 17.7. The molecule has 1 saturated carbocycles. The summed E-state index contributed by atoms with van der Waals surface area (Å²) in [4.78, 5) is 28.8. The molecule has 4 rings (SSSR count). The van der Waals surface area contributed by atoms with Crippen molar-refractivity contribution >= 4 is 5.91 Å². The first-order chi connectivity index (χ1) is 13.0. The van der Waals surface area contributed by atoms with Gasteiger partial charge >= 0.3 is 0 Å². The summed E-state index contributed by atoms with van der Waals surface area (Å²) in [5.41, 5.74) is -0.259. The van der Waals surface area contributed by atoms with Gasteiger partial charge in [-0.1, -0.05) is 0 Å². The van der Waals surface area contributed by atoms with Crippen LogP contribution in [0.1, 0.15) is 23.2 Å². The number of fused-ring (bicyclic) bond motifs is 1. The monoisotopic (exact) mass is 372 g/mol. The van der Waals surface area contributed by atoms with Gasteiger partial charge in [-0.05, 0) is 61.1 Å². The number of halogens is 1. The number of pyridine rings is 1. The third-order valence-electron chi connectivity index (χ3n) is 5.52. The maximum absolute atomic E-state index is 13.0. The second kappa shape index (κ2) is 7.15. The number of H-pyrrole nitrogens is 1. The van der Waals surface area contributed by atoms with Crippen LogP contribution in [0.15, 0.2) is 47.4 Å². The fourth-order valence-electron chi connectivity index (χ4n) is 4.13. The topological polar surface area (TPSA) is 82.6 Å². The Morgan fingerprint density at radius 3 is 2.56 bits per heavy atom. The summed E-state index contributed by atoms with van der Waals surface area (Å²) >= 11 is 0. The number of carbonyl (C=O) groups excluding carboxylic acids is 1. The van der Waals surface area contributed by atoms with Crippen LogP contribution in [0.5, 0.6) is 5.75 Å². The Bertz CT molecular complexity index is 882. The van der Waals surface area contributed by atoms with Gasteiger partial charge in [0.25, 0.3) is 11.5 Å². The lowest BCUT2D eigenvalue weighted by molar-refractivity contribution is -0.0231. The standard InChI is InChI=1S/C20H21FN2O4/c21-14-3-5-15(6-4-14)27-18-9-13-11-23(10-12(13)8-17(18)24)20(26)16-2-1-7-22-19(16)25/h1-7,12-13,17-18,24H,8-11H2,(H,22,25)/t12-,13+,17+,18+/m0/s1. The van der Waals surface area contributed by atoms with Crippen molar-refractivity contribution < 1.29 is 19.0 Å². The highest BCUT2D eigenvalue weighted by Crippen LogP contribution is 2.38. The molecule has 2 heterocycles. The van der Waals surface area contributed by atoms with Crippen molar-refractivity contribution in [1.82, 2.24) is 9.88 Å². The molecule has 1 aromatic heterocycles. The van der Waals surface area contributed by atoms with Crippen LogP contribution in [0.25, 0.3) is 0 Å². The Morgan fingerprint density at radius 2 is 1.85 bits per heavy atom. The van der Waals surface area contributed by atoms with E-state index in [2.05, 4.69) is 4.98 Å². The molecule has 142 valence electrons. The summed E-state index contributed by atoms with van der Waals surface area (Å²) in [6, 6.07) is 8.88. The molecule has 27 heavy (non-hydrogen) atoms. The van der Waals surface area contributed by atoms with E-state index >= 15 is 0 Å². The molecule has 0 spiro atoms. The fraction of sp³-hybridized carbons (Fsp3) is 0.400. The lowest BCUT2D eigenvalue weighted by Gasteiger charge is -2.35. The number of likely N-dealkylation sites (tertiary alicyclic amines) is 1. The van der Waals surface area contributed by atoms with Crippen LogP contribution in [0.4, 0.5) is 4.39 Å². The van der Waals surface area contributed by atoms with E-state index in [1.54, 1.807) is 23.1 Å². The molecule has 6 nitrogen and oxygen atoms in total. The van der Waals surface area contributed by atoms with Crippen LogP contribution >= 0.6 is 0 Å². The first-order valence-electron chi connectivity index (χ1n) is 9.08. The van der Waals surface area contributed by atoms with Crippen molar-refractivity contribution in [3.8, 4) is 5.75 Å². The zero-order chi connectivity index (χ0) is 19.0. The number of carbonyl (C=O) groups is 1. The normalized spacial score (nSPS) is 27.3. The molecule has 2 aromatic rings. The molecule has 1 aliphatic carbocycles. The minimum Gasteiger partial charge on any atom is -0.488 e. The molecule has 2 aliphatic rings. The second-order valence-electron chi connectivity index (χ2n) is 7.29. The van der Waals surface area contributed by atoms with Gasteiger partial charge in [-0.2, -0.15) is 0 Å². The van der Waals surface area contributed by atoms with Crippen LogP contribution in [0.2, 0.25) is 0 Å². The molecule has 1 amide bonds. The number of hydrogen-bond donors (Lipinski definition) is 2. The van der Waals surface area contributed by atoms with Gasteiger partial charge in [-0.3, -0.25) is 9.59 Å². The van der Waals surface area contributed by atoms with Crippen molar-refractivity contribution in [2.75, 3.05) is 13.1 Å². The van der Waals surface area contributed by atoms with Crippen LogP contribution in [0.3, 0.4) is 0 Å². The minimum atomic E-state index is -0.647. The lowest BCUT2D eigenvalue weighted by atomic mass is 9.78. The predicted octanol–water partition coefficient (Wildman–Crippen LogP) is 1.80. The van der Waals surface area contributed by atoms with Gasteiger partial charge in [0.1, 0.15) is 23.2 Å². The summed E-state index contributed by atoms with van der Waals surface area (Å²) in [5, 5.41) is 10.5. The van der Waals surface area contributed by atoms with Crippen molar-refractivity contribution in [1.29, 1.82) is 0 Å². The Morgan fingerprint density at radius 1 is 1.15 bits per heavy atom. The molecule has 2 N–H and O–H groups in total. The molecule has 2 fully saturated rings. The largest absolute Gasteiger partial charge is 0.488 e. The molecular weight excluding hydrogens is 351 g/mol. The van der Waals surface area contributed by atoms with E-state index in [9.17, 15) is 19.1 Å². The van der Waals surface area contributed by atoms with E-state index in [-0.39, 0.29) is 29.1 Å². The van der Waals surface area contributed by atoms with Gasteiger partial charge in [0.15, 0.2) is 0 Å². The van der Waals surface area contributed by atoms with E-state index in [1.165, 1.54) is 24.4 Å². The van der Waals surface area contributed by atoms with Gasteiger partial charge in [0.05, 0.1) is 6.10 Å². The van der Waals surface area contributed by atoms with Crippen LogP contribution in [-0.4, -0.2) is 46.2 Å². The fourth-order valence-corrected chi connectivity index (χ4v) is 4.13. The second-order valence-corrected chi connectivity index (χ2v) is 7.29. The van der Waals surface area contributed by atoms with Crippen molar-refractivity contribution in [2.24, 2.45) is 11.8 Å². The average molecular weight is 372 g/mol. The number of nitrogens with one attached hydrogen (secondary N) is 1. The number of amides is 1. The van der Waals surface area contributed by atoms with Crippen molar-refractivity contribution in [2.45, 2.75) is 25.0 Å². The molecule has 4 atom stereocenters. The van der Waals surface area contributed by atoms with Gasteiger partial charge in [-0.15, -0.1) is 0 Å². The SMILES string of the molecule is O=C(c1ccc[nH]c1=O)N1C[C@H]2C[C@@H](Oc3ccc(F)cc3)[C@H](O)C[C@H]2C1. The predicted molar refractivity (Wildman–Crippen MR) is 96.0 cm³/mol. The molecule has 0 unspecified atom stereocenters. The van der Waals surface area contributed by atoms with Crippen molar-refractivity contribution in [3.63, 3.8) is 0 Å². The van der Waals surface area contributed by atoms with E-state index in [0.29, 0.717) is 31.7 Å². The van der Waals surface area contributed by atoms with Gasteiger partial charge < -0.3 is 19.7 Å². The molecule has 0 bridgehead atoms. The number of nitrogens with zero attached hydrogens (tertiary/aromatic N) is 1. The molecule has 1 aliphatic heterocycles. The summed E-state index contributed by atoms with van der Waals surface area (Å²) < 4.78 is 18.9. The highest BCUT2D eigenvalue weighted by Gasteiger charge is 2.44. The van der Waals surface area contributed by atoms with E-state index in [0.717, 1.165) is 0 Å². The third kappa shape index (κ3) is 3.60. The van der Waals surface area contributed by atoms with Crippen LogP contribution < -0.4 is 10.3 Å². The molecule has 1 saturated heterocycles. The Balaban J connectivity index is 1.44. The number of aliphatic hydroxyl groups is 1. The van der Waals surface area contributed by atoms with E-state index in [1.807, 2.05) is 0 Å². The van der Waals surface area contributed by atoms with E-state index in [4.69, 9.17) is 4.74 Å². The number of benzene rings is 1. The summed E-state index contributed by atoms with van der Waals surface area (Å²) in [7, 11) is 0. The lowest BCUT2D eigenvalue weighted by Crippen LogP contribution is -2.42. The Labute approximate surface area is 155 Å². The summed E-state index contributed by atoms with van der Waals surface area (Å²) in [6.45, 7) is 1.06. The highest BCUT2D eigenvalue weighted by molar-refractivity contribution is 5.94. The molecule has 7 heteroatoms. The number of ether oxygens (including phenoxy) is 1. The quantitative estimate of drug-likeness (QED) is 0.861. The first-order valence-corrected chi connectivity index (χ1v) is 9.08. The van der Waals surface area contributed by atoms with Gasteiger partial charge in [-0.25, -0.2) is 4.39 Å². The number of aromatic nitrogens is 1. The van der Waals surface area contributed by atoms with Crippen LogP contribution in [-0.2, 0) is 0 Å². The maximum Gasteiger partial charge on any atom is 0.260 e. The maximum atomic E-state index is 13.0. The number of rotatable bonds is 3. The summed E-state index contributed by atoms with van der Waals surface area (Å²) in [6.07, 6.45) is 1.60. The molecule has 1 aromatic carbocycles. The molecule has 0 radical (unpaired) electrons. The summed E-state index contributed by atoms with van der Waals surface area (Å²) in [5.74, 6) is 0.273. The highest BCUT2D eigenvalue weighted by atomic mass is 19.1. The average Bonchev–Trinajstić information content (AvgIpc) is 3.06. The van der Waals surface area contributed by atoms with Crippen LogP contribution in [0, 0.1) is 17.7 Å². The van der Waals surface area contributed by atoms with Gasteiger partial charge in [0.2, 0.25) is 0 Å². The number of aromatic amines is 1. The minimum absolute atomic E-state index is 0.135. The number of aliphatic hydroxyl groups excluding tert-OH is 1. The Hall–Kier alpha value is -2.67. The van der Waals surface area contributed by atoms with Gasteiger partial charge in [0, 0.05) is 19.3 Å². The third-order valence-corrected chi connectivity index (χ3v) is 5.52. The molecular formula is C20H21FN2O4. The smallest absolute Gasteiger partial charge is 0.260 e.